The summed E-state index contributed by atoms with van der Waals surface area (Å²) < 4.78 is 92.4. The summed E-state index contributed by atoms with van der Waals surface area (Å²) in [5, 5.41) is 11.7. The first-order chi connectivity index (χ1) is 26.1. The number of fused-ring (bicyclic) bond motifs is 1. The number of rotatable bonds is 6. The molecule has 1 N–H and O–H groups in total. The van der Waals surface area contributed by atoms with E-state index >= 15 is 4.39 Å². The van der Waals surface area contributed by atoms with Gasteiger partial charge in [0.25, 0.3) is 5.91 Å². The second-order valence-electron chi connectivity index (χ2n) is 16.5. The molecule has 3 aromatic rings. The lowest BCUT2D eigenvalue weighted by Crippen LogP contribution is -2.40. The van der Waals surface area contributed by atoms with Crippen LogP contribution in [0.5, 0.6) is 0 Å². The number of allylic oxidation sites excluding steroid dienone is 1. The molecule has 3 atom stereocenters. The topological polar surface area (TPSA) is 88.4 Å². The molecule has 296 valence electrons. The average molecular weight is 771 g/mol. The lowest BCUT2D eigenvalue weighted by atomic mass is 9.68. The van der Waals surface area contributed by atoms with Crippen molar-refractivity contribution >= 4 is 12.0 Å². The van der Waals surface area contributed by atoms with Crippen molar-refractivity contribution in [1.29, 1.82) is 0 Å². The first-order valence-electron chi connectivity index (χ1n) is 19.4. The van der Waals surface area contributed by atoms with Crippen LogP contribution in [0, 0.1) is 5.41 Å². The second-order valence-corrected chi connectivity index (χ2v) is 16.5. The number of morpholine rings is 1. The predicted molar refractivity (Wildman–Crippen MR) is 194 cm³/mol. The molecule has 1 aliphatic heterocycles. The number of hydrogen-bond acceptors (Lipinski definition) is 6. The molecule has 3 fully saturated rings. The monoisotopic (exact) mass is 770 g/mol. The van der Waals surface area contributed by atoms with E-state index in [-0.39, 0.29) is 54.1 Å². The Balaban J connectivity index is 1.25. The highest BCUT2D eigenvalue weighted by atomic mass is 19.4. The Labute approximate surface area is 317 Å². The third-order valence-electron chi connectivity index (χ3n) is 11.9. The smallest absolute Gasteiger partial charge is 0.388 e. The minimum Gasteiger partial charge on any atom is -0.388 e. The van der Waals surface area contributed by atoms with E-state index in [2.05, 4.69) is 9.97 Å². The summed E-state index contributed by atoms with van der Waals surface area (Å²) in [4.78, 5) is 28.7. The van der Waals surface area contributed by atoms with Crippen LogP contribution in [0.25, 0.3) is 6.08 Å². The molecule has 1 unspecified atom stereocenters. The van der Waals surface area contributed by atoms with Crippen molar-refractivity contribution in [3.8, 4) is 0 Å². The van der Waals surface area contributed by atoms with Gasteiger partial charge in [-0.15, -0.1) is 0 Å². The zero-order valence-corrected chi connectivity index (χ0v) is 31.3. The number of aliphatic hydroxyl groups is 1. The summed E-state index contributed by atoms with van der Waals surface area (Å²) in [6, 6.07) is 4.01. The molecule has 1 saturated heterocycles. The Morgan fingerprint density at radius 3 is 2.29 bits per heavy atom. The summed E-state index contributed by atoms with van der Waals surface area (Å²) >= 11 is 0. The number of amides is 1. The Bertz CT molecular complexity index is 1880. The van der Waals surface area contributed by atoms with Crippen LogP contribution in [-0.2, 0) is 17.3 Å². The van der Waals surface area contributed by atoms with Crippen molar-refractivity contribution in [1.82, 2.24) is 19.9 Å². The lowest BCUT2D eigenvalue weighted by Gasteiger charge is -2.40. The number of aliphatic hydroxyl groups excluding tert-OH is 1. The molecule has 0 spiro atoms. The Morgan fingerprint density at radius 2 is 1.64 bits per heavy atom. The molecule has 3 aliphatic carbocycles. The summed E-state index contributed by atoms with van der Waals surface area (Å²) in [6.45, 7) is 6.06. The SMILES string of the molecule is CC1(C)Cc2nc(C3CCC/C(=C/c4ncc(C(=O)N5CCOCC5)cn4)CC3)c([C@@H](F)c3ccc(C(F)(F)F)cc3)c(C3CCC(F)(F)CC3)c2[C@@H](O)C1. The number of carbonyl (C=O) groups excluding carboxylic acids is 1. The van der Waals surface area contributed by atoms with Crippen LogP contribution in [0.4, 0.5) is 26.3 Å². The summed E-state index contributed by atoms with van der Waals surface area (Å²) in [5.41, 5.74) is 2.68. The van der Waals surface area contributed by atoms with Gasteiger partial charge in [-0.05, 0) is 98.5 Å². The first kappa shape index (κ1) is 39.4. The second kappa shape index (κ2) is 15.6. The van der Waals surface area contributed by atoms with Crippen molar-refractivity contribution in [3.63, 3.8) is 0 Å². The molecule has 13 heteroatoms. The first-order valence-corrected chi connectivity index (χ1v) is 19.4. The van der Waals surface area contributed by atoms with E-state index in [1.807, 2.05) is 19.9 Å². The number of nitrogens with zero attached hydrogens (tertiary/aromatic N) is 4. The molecule has 2 aromatic heterocycles. The molecule has 1 amide bonds. The number of benzene rings is 1. The molecule has 0 radical (unpaired) electrons. The van der Waals surface area contributed by atoms with Crippen molar-refractivity contribution < 1.29 is 41.0 Å². The van der Waals surface area contributed by atoms with Crippen LogP contribution in [0.1, 0.15) is 158 Å². The molecular weight excluding hydrogens is 722 g/mol. The predicted octanol–water partition coefficient (Wildman–Crippen LogP) is 9.85. The highest BCUT2D eigenvalue weighted by molar-refractivity contribution is 5.93. The molecule has 0 bridgehead atoms. The number of ether oxygens (including phenoxy) is 1. The van der Waals surface area contributed by atoms with Gasteiger partial charge >= 0.3 is 6.18 Å². The maximum atomic E-state index is 17.4. The van der Waals surface area contributed by atoms with E-state index < -0.39 is 35.9 Å². The maximum Gasteiger partial charge on any atom is 0.416 e. The van der Waals surface area contributed by atoms with Crippen LogP contribution in [-0.4, -0.2) is 63.1 Å². The lowest BCUT2D eigenvalue weighted by molar-refractivity contribution is -0.137. The number of halogens is 6. The molecule has 4 aliphatic rings. The zero-order chi connectivity index (χ0) is 39.1. The largest absolute Gasteiger partial charge is 0.416 e. The van der Waals surface area contributed by atoms with Crippen molar-refractivity contribution in [2.75, 3.05) is 26.3 Å². The fraction of sp³-hybridized carbons (Fsp3) is 0.571. The van der Waals surface area contributed by atoms with Gasteiger partial charge in [-0.25, -0.2) is 23.1 Å². The average Bonchev–Trinajstić information content (AvgIpc) is 3.39. The number of alkyl halides is 6. The molecular formula is C42H48F6N4O3. The minimum absolute atomic E-state index is 0.0194. The van der Waals surface area contributed by atoms with E-state index in [1.165, 1.54) is 12.4 Å². The van der Waals surface area contributed by atoms with Gasteiger partial charge in [0.1, 0.15) is 0 Å². The van der Waals surface area contributed by atoms with Gasteiger partial charge in [-0.3, -0.25) is 9.78 Å². The molecule has 7 rings (SSSR count). The van der Waals surface area contributed by atoms with Crippen LogP contribution >= 0.6 is 0 Å². The van der Waals surface area contributed by atoms with Crippen molar-refractivity contribution in [3.05, 3.63) is 92.8 Å². The highest BCUT2D eigenvalue weighted by Crippen LogP contribution is 2.53. The third-order valence-corrected chi connectivity index (χ3v) is 11.9. The van der Waals surface area contributed by atoms with Crippen LogP contribution in [0.15, 0.2) is 42.2 Å². The Kier molecular flexibility index (Phi) is 11.2. The van der Waals surface area contributed by atoms with Gasteiger partial charge < -0.3 is 14.7 Å². The maximum absolute atomic E-state index is 17.4. The van der Waals surface area contributed by atoms with Gasteiger partial charge in [-0.2, -0.15) is 13.2 Å². The number of pyridine rings is 1. The fourth-order valence-electron chi connectivity index (χ4n) is 8.99. The molecule has 1 aromatic carbocycles. The fourth-order valence-corrected chi connectivity index (χ4v) is 8.99. The number of carbonyl (C=O) groups is 1. The van der Waals surface area contributed by atoms with Crippen LogP contribution in [0.2, 0.25) is 0 Å². The van der Waals surface area contributed by atoms with Gasteiger partial charge in [0.2, 0.25) is 5.92 Å². The zero-order valence-electron chi connectivity index (χ0n) is 31.3. The van der Waals surface area contributed by atoms with E-state index in [0.29, 0.717) is 92.3 Å². The molecule has 7 nitrogen and oxygen atoms in total. The van der Waals surface area contributed by atoms with Gasteiger partial charge in [-0.1, -0.05) is 31.6 Å². The van der Waals surface area contributed by atoms with E-state index in [9.17, 15) is 31.9 Å². The molecule has 3 heterocycles. The van der Waals surface area contributed by atoms with Crippen molar-refractivity contribution in [2.24, 2.45) is 5.41 Å². The quantitative estimate of drug-likeness (QED) is 0.198. The van der Waals surface area contributed by atoms with E-state index in [0.717, 1.165) is 42.7 Å². The van der Waals surface area contributed by atoms with Crippen LogP contribution < -0.4 is 0 Å². The third kappa shape index (κ3) is 8.77. The van der Waals surface area contributed by atoms with E-state index in [1.54, 1.807) is 4.90 Å². The van der Waals surface area contributed by atoms with Gasteiger partial charge in [0.05, 0.1) is 36.1 Å². The number of aromatic nitrogens is 3. The summed E-state index contributed by atoms with van der Waals surface area (Å²) in [7, 11) is 0. The van der Waals surface area contributed by atoms with Crippen LogP contribution in [0.3, 0.4) is 0 Å². The number of hydrogen-bond donors (Lipinski definition) is 1. The van der Waals surface area contributed by atoms with E-state index in [4.69, 9.17) is 9.72 Å². The highest BCUT2D eigenvalue weighted by Gasteiger charge is 2.43. The van der Waals surface area contributed by atoms with Gasteiger partial charge in [0.15, 0.2) is 12.0 Å². The summed E-state index contributed by atoms with van der Waals surface area (Å²) in [5.74, 6) is -3.22. The Morgan fingerprint density at radius 1 is 0.964 bits per heavy atom. The van der Waals surface area contributed by atoms with Gasteiger partial charge in [0, 0.05) is 61.1 Å². The molecule has 2 saturated carbocycles. The Hall–Kier alpha value is -3.84. The minimum atomic E-state index is -4.60. The normalized spacial score (nSPS) is 24.6. The van der Waals surface area contributed by atoms with Crippen molar-refractivity contribution in [2.45, 2.75) is 121 Å². The standard InChI is InChI=1S/C42H48F6N4O3/c1-40(2)21-31-35(32(53)22-40)34(26-12-14-41(44,45)15-13-26)36(37(43)27-8-10-30(11-9-27)42(46,47)48)38(51-31)28-5-3-4-25(6-7-28)20-33-49-23-29(24-50-33)39(54)52-16-18-55-19-17-52/h8-11,20,23-24,26,28,32,37,53H,3-7,12-19,21-22H2,1-2H3/b25-20-/t28?,32-,37-/m0/s1. The summed E-state index contributed by atoms with van der Waals surface area (Å²) in [6.07, 6.45) is 1.17. The molecule has 55 heavy (non-hydrogen) atoms.